The number of benzene rings is 2. The van der Waals surface area contributed by atoms with Crippen LogP contribution in [0.25, 0.3) is 0 Å². The highest BCUT2D eigenvalue weighted by molar-refractivity contribution is 7.89. The van der Waals surface area contributed by atoms with Gasteiger partial charge in [0.25, 0.3) is 0 Å². The molecule has 0 saturated carbocycles. The lowest BCUT2D eigenvalue weighted by atomic mass is 9.92. The van der Waals surface area contributed by atoms with Crippen LogP contribution in [0.4, 0.5) is 4.39 Å². The number of hydrogen-bond donors (Lipinski definition) is 1. The summed E-state index contributed by atoms with van der Waals surface area (Å²) < 4.78 is 45.8. The van der Waals surface area contributed by atoms with Gasteiger partial charge >= 0.3 is 0 Å². The third-order valence-corrected chi connectivity index (χ3v) is 6.03. The largest absolute Gasteiger partial charge is 0.492 e. The van der Waals surface area contributed by atoms with Gasteiger partial charge < -0.3 is 4.74 Å². The molecule has 0 unspecified atom stereocenters. The van der Waals surface area contributed by atoms with Gasteiger partial charge in [0.1, 0.15) is 18.2 Å². The van der Waals surface area contributed by atoms with Crippen molar-refractivity contribution >= 4 is 10.0 Å². The molecule has 0 aliphatic heterocycles. The summed E-state index contributed by atoms with van der Waals surface area (Å²) in [5, 5.41) is 0. The van der Waals surface area contributed by atoms with Crippen molar-refractivity contribution in [3.63, 3.8) is 0 Å². The molecule has 2 aromatic carbocycles. The predicted molar refractivity (Wildman–Crippen MR) is 94.9 cm³/mol. The summed E-state index contributed by atoms with van der Waals surface area (Å²) in [6, 6.07) is 9.70. The van der Waals surface area contributed by atoms with Crippen LogP contribution in [-0.2, 0) is 22.9 Å². The van der Waals surface area contributed by atoms with Crippen LogP contribution in [0.15, 0.2) is 41.3 Å². The standard InChI is InChI=1S/C19H22FNO3S/c1-14-12-17(20)7-9-19(14)25(22,23)21-10-11-24-18-8-6-15-4-2-3-5-16(15)13-18/h6-9,12-13,21H,2-5,10-11H2,1H3. The predicted octanol–water partition coefficient (Wildman–Crippen LogP) is 3.37. The molecule has 0 amide bonds. The number of halogens is 1. The van der Waals surface area contributed by atoms with E-state index in [-0.39, 0.29) is 18.0 Å². The van der Waals surface area contributed by atoms with Crippen molar-refractivity contribution in [1.29, 1.82) is 0 Å². The van der Waals surface area contributed by atoms with Gasteiger partial charge in [0.05, 0.1) is 4.90 Å². The molecule has 4 nitrogen and oxygen atoms in total. The molecule has 1 aliphatic rings. The number of aryl methyl sites for hydroxylation is 3. The highest BCUT2D eigenvalue weighted by atomic mass is 32.2. The Morgan fingerprint density at radius 3 is 2.60 bits per heavy atom. The van der Waals surface area contributed by atoms with Gasteiger partial charge in [-0.2, -0.15) is 0 Å². The van der Waals surface area contributed by atoms with Crippen molar-refractivity contribution in [2.24, 2.45) is 0 Å². The lowest BCUT2D eigenvalue weighted by molar-refractivity contribution is 0.322. The quantitative estimate of drug-likeness (QED) is 0.801. The smallest absolute Gasteiger partial charge is 0.240 e. The molecule has 3 rings (SSSR count). The van der Waals surface area contributed by atoms with Crippen LogP contribution >= 0.6 is 0 Å². The van der Waals surface area contributed by atoms with Crippen molar-refractivity contribution < 1.29 is 17.5 Å². The van der Waals surface area contributed by atoms with Crippen LogP contribution in [-0.4, -0.2) is 21.6 Å². The van der Waals surface area contributed by atoms with Crippen molar-refractivity contribution in [1.82, 2.24) is 4.72 Å². The Morgan fingerprint density at radius 1 is 1.08 bits per heavy atom. The molecule has 1 N–H and O–H groups in total. The second-order valence-corrected chi connectivity index (χ2v) is 8.03. The van der Waals surface area contributed by atoms with Crippen molar-refractivity contribution in [3.8, 4) is 5.75 Å². The molecular formula is C19H22FNO3S. The van der Waals surface area contributed by atoms with Crippen LogP contribution in [0.1, 0.15) is 29.5 Å². The lowest BCUT2D eigenvalue weighted by Crippen LogP contribution is -2.28. The highest BCUT2D eigenvalue weighted by Gasteiger charge is 2.16. The molecule has 0 heterocycles. The molecule has 0 radical (unpaired) electrons. The first-order chi connectivity index (χ1) is 12.0. The summed E-state index contributed by atoms with van der Waals surface area (Å²) in [4.78, 5) is 0.0858. The van der Waals surface area contributed by atoms with E-state index in [2.05, 4.69) is 10.8 Å². The van der Waals surface area contributed by atoms with Crippen LogP contribution < -0.4 is 9.46 Å². The maximum atomic E-state index is 13.1. The van der Waals surface area contributed by atoms with Gasteiger partial charge in [-0.1, -0.05) is 6.07 Å². The maximum Gasteiger partial charge on any atom is 0.240 e. The van der Waals surface area contributed by atoms with Gasteiger partial charge in [-0.15, -0.1) is 0 Å². The maximum absolute atomic E-state index is 13.1. The van der Waals surface area contributed by atoms with E-state index in [1.807, 2.05) is 12.1 Å². The molecule has 0 aromatic heterocycles. The Bertz CT molecular complexity index is 865. The number of ether oxygens (including phenoxy) is 1. The van der Waals surface area contributed by atoms with E-state index in [1.165, 1.54) is 36.1 Å². The summed E-state index contributed by atoms with van der Waals surface area (Å²) in [5.41, 5.74) is 3.08. The van der Waals surface area contributed by atoms with Gasteiger partial charge in [0.15, 0.2) is 0 Å². The lowest BCUT2D eigenvalue weighted by Gasteiger charge is -2.17. The zero-order chi connectivity index (χ0) is 17.9. The van der Waals surface area contributed by atoms with Gasteiger partial charge in [-0.3, -0.25) is 0 Å². The fourth-order valence-corrected chi connectivity index (χ4v) is 4.37. The van der Waals surface area contributed by atoms with Crippen LogP contribution in [0.2, 0.25) is 0 Å². The van der Waals surface area contributed by atoms with E-state index in [1.54, 1.807) is 6.92 Å². The zero-order valence-corrected chi connectivity index (χ0v) is 15.0. The van der Waals surface area contributed by atoms with E-state index < -0.39 is 15.8 Å². The molecular weight excluding hydrogens is 341 g/mol. The minimum absolute atomic E-state index is 0.0858. The van der Waals surface area contributed by atoms with Gasteiger partial charge in [-0.25, -0.2) is 17.5 Å². The molecule has 25 heavy (non-hydrogen) atoms. The second-order valence-electron chi connectivity index (χ2n) is 6.29. The van der Waals surface area contributed by atoms with Crippen molar-refractivity contribution in [2.45, 2.75) is 37.5 Å². The Balaban J connectivity index is 1.56. The van der Waals surface area contributed by atoms with Crippen LogP contribution in [0.5, 0.6) is 5.75 Å². The summed E-state index contributed by atoms with van der Waals surface area (Å²) >= 11 is 0. The van der Waals surface area contributed by atoms with Crippen LogP contribution in [0.3, 0.4) is 0 Å². The first kappa shape index (κ1) is 17.9. The Morgan fingerprint density at radius 2 is 1.84 bits per heavy atom. The zero-order valence-electron chi connectivity index (χ0n) is 14.2. The number of sulfonamides is 1. The molecule has 0 saturated heterocycles. The van der Waals surface area contributed by atoms with E-state index in [0.29, 0.717) is 5.56 Å². The Kier molecular flexibility index (Phi) is 5.39. The van der Waals surface area contributed by atoms with Gasteiger partial charge in [0.2, 0.25) is 10.0 Å². The average Bonchev–Trinajstić information content (AvgIpc) is 2.58. The van der Waals surface area contributed by atoms with E-state index in [0.717, 1.165) is 24.7 Å². The Hall–Kier alpha value is -1.92. The number of nitrogens with one attached hydrogen (secondary N) is 1. The average molecular weight is 363 g/mol. The number of fused-ring (bicyclic) bond motifs is 1. The van der Waals surface area contributed by atoms with Crippen LogP contribution in [0, 0.1) is 12.7 Å². The summed E-state index contributed by atoms with van der Waals surface area (Å²) in [6.07, 6.45) is 4.63. The van der Waals surface area contributed by atoms with E-state index in [4.69, 9.17) is 4.74 Å². The monoisotopic (exact) mass is 363 g/mol. The minimum atomic E-state index is -3.67. The summed E-state index contributed by atoms with van der Waals surface area (Å²) in [5.74, 6) is 0.310. The van der Waals surface area contributed by atoms with E-state index in [9.17, 15) is 12.8 Å². The Labute approximate surface area is 148 Å². The summed E-state index contributed by atoms with van der Waals surface area (Å²) in [7, 11) is -3.67. The third kappa shape index (κ3) is 4.38. The number of rotatable bonds is 6. The fourth-order valence-electron chi connectivity index (χ4n) is 3.14. The molecule has 1 aliphatic carbocycles. The molecule has 2 aromatic rings. The SMILES string of the molecule is Cc1cc(F)ccc1S(=O)(=O)NCCOc1ccc2c(c1)CCCC2. The number of hydrogen-bond acceptors (Lipinski definition) is 3. The van der Waals surface area contributed by atoms with E-state index >= 15 is 0 Å². The molecule has 0 fully saturated rings. The molecule has 0 spiro atoms. The normalized spacial score (nSPS) is 14.2. The third-order valence-electron chi connectivity index (χ3n) is 4.41. The molecule has 0 bridgehead atoms. The minimum Gasteiger partial charge on any atom is -0.492 e. The molecule has 134 valence electrons. The van der Waals surface area contributed by atoms with Crippen molar-refractivity contribution in [3.05, 3.63) is 58.9 Å². The topological polar surface area (TPSA) is 55.4 Å². The van der Waals surface area contributed by atoms with Gasteiger partial charge in [-0.05, 0) is 79.6 Å². The van der Waals surface area contributed by atoms with Gasteiger partial charge in [0, 0.05) is 6.54 Å². The first-order valence-electron chi connectivity index (χ1n) is 8.46. The molecule has 6 heteroatoms. The second kappa shape index (κ2) is 7.54. The first-order valence-corrected chi connectivity index (χ1v) is 9.94. The summed E-state index contributed by atoms with van der Waals surface area (Å²) in [6.45, 7) is 1.95. The molecule has 0 atom stereocenters. The van der Waals surface area contributed by atoms with Crippen molar-refractivity contribution in [2.75, 3.05) is 13.2 Å². The highest BCUT2D eigenvalue weighted by Crippen LogP contribution is 2.25. The fraction of sp³-hybridized carbons (Fsp3) is 0.368.